The number of nitrogens with zero attached hydrogens (tertiary/aromatic N) is 3. The lowest BCUT2D eigenvalue weighted by atomic mass is 10.2. The van der Waals surface area contributed by atoms with E-state index in [1.807, 2.05) is 4.90 Å². The van der Waals surface area contributed by atoms with Crippen LogP contribution >= 0.6 is 0 Å². The molecule has 5 nitrogen and oxygen atoms in total. The highest BCUT2D eigenvalue weighted by atomic mass is 19.4. The Labute approximate surface area is 121 Å². The van der Waals surface area contributed by atoms with Gasteiger partial charge in [-0.3, -0.25) is 4.90 Å². The predicted molar refractivity (Wildman–Crippen MR) is 74.5 cm³/mol. The maximum Gasteiger partial charge on any atom is 0.416 e. The fraction of sp³-hybridized carbons (Fsp3) is 0.615. The smallest absolute Gasteiger partial charge is 0.395 e. The Morgan fingerprint density at radius 2 is 1.90 bits per heavy atom. The van der Waals surface area contributed by atoms with Crippen LogP contribution in [0.2, 0.25) is 0 Å². The average molecular weight is 304 g/mol. The molecule has 0 atom stereocenters. The van der Waals surface area contributed by atoms with Gasteiger partial charge < -0.3 is 15.3 Å². The summed E-state index contributed by atoms with van der Waals surface area (Å²) in [4.78, 5) is 8.12. The largest absolute Gasteiger partial charge is 0.416 e. The number of anilines is 2. The van der Waals surface area contributed by atoms with Gasteiger partial charge in [-0.25, -0.2) is 4.98 Å². The Hall–Kier alpha value is -1.54. The monoisotopic (exact) mass is 304 g/mol. The third kappa shape index (κ3) is 3.98. The number of aliphatic hydroxyl groups excluding tert-OH is 1. The Morgan fingerprint density at radius 3 is 2.43 bits per heavy atom. The van der Waals surface area contributed by atoms with Gasteiger partial charge in [0.25, 0.3) is 0 Å². The Morgan fingerprint density at radius 1 is 1.24 bits per heavy atom. The molecule has 0 spiro atoms. The molecule has 118 valence electrons. The molecule has 1 aromatic rings. The van der Waals surface area contributed by atoms with Crippen LogP contribution < -0.4 is 10.2 Å². The number of pyridine rings is 1. The van der Waals surface area contributed by atoms with Crippen LogP contribution in [-0.2, 0) is 6.18 Å². The zero-order valence-corrected chi connectivity index (χ0v) is 11.8. The lowest BCUT2D eigenvalue weighted by Gasteiger charge is -2.35. The number of aromatic nitrogens is 1. The normalized spacial score (nSPS) is 17.1. The van der Waals surface area contributed by atoms with Crippen LogP contribution in [-0.4, -0.2) is 61.4 Å². The van der Waals surface area contributed by atoms with E-state index in [4.69, 9.17) is 5.11 Å². The Balaban J connectivity index is 2.16. The number of piperazine rings is 1. The molecule has 0 bridgehead atoms. The van der Waals surface area contributed by atoms with E-state index in [-0.39, 0.29) is 12.4 Å². The van der Waals surface area contributed by atoms with Crippen molar-refractivity contribution < 1.29 is 18.3 Å². The SMILES string of the molecule is CNc1cc(C(F)(F)F)cc(N2CCN(CCO)CC2)n1. The van der Waals surface area contributed by atoms with Gasteiger partial charge in [0.2, 0.25) is 0 Å². The molecule has 8 heteroatoms. The summed E-state index contributed by atoms with van der Waals surface area (Å²) in [6, 6.07) is 2.09. The van der Waals surface area contributed by atoms with Crippen molar-refractivity contribution in [3.63, 3.8) is 0 Å². The number of alkyl halides is 3. The first-order valence-corrected chi connectivity index (χ1v) is 6.79. The molecular formula is C13H19F3N4O. The molecule has 0 saturated carbocycles. The minimum absolute atomic E-state index is 0.0890. The van der Waals surface area contributed by atoms with Gasteiger partial charge in [-0.15, -0.1) is 0 Å². The number of β-amino-alcohol motifs (C(OH)–C–C–N with tert-alkyl or cyclic N) is 1. The van der Waals surface area contributed by atoms with Gasteiger partial charge in [-0.05, 0) is 12.1 Å². The zero-order chi connectivity index (χ0) is 15.5. The third-order valence-electron chi connectivity index (χ3n) is 3.51. The van der Waals surface area contributed by atoms with Gasteiger partial charge >= 0.3 is 6.18 Å². The van der Waals surface area contributed by atoms with E-state index in [9.17, 15) is 13.2 Å². The molecule has 0 amide bonds. The summed E-state index contributed by atoms with van der Waals surface area (Å²) >= 11 is 0. The Kier molecular flexibility index (Phi) is 4.89. The van der Waals surface area contributed by atoms with E-state index in [0.29, 0.717) is 38.5 Å². The highest BCUT2D eigenvalue weighted by molar-refractivity contribution is 5.51. The van der Waals surface area contributed by atoms with Crippen molar-refractivity contribution in [2.45, 2.75) is 6.18 Å². The minimum Gasteiger partial charge on any atom is -0.395 e. The number of hydrogen-bond donors (Lipinski definition) is 2. The molecular weight excluding hydrogens is 285 g/mol. The second kappa shape index (κ2) is 6.48. The summed E-state index contributed by atoms with van der Waals surface area (Å²) in [5, 5.41) is 11.6. The highest BCUT2D eigenvalue weighted by Crippen LogP contribution is 2.33. The Bertz CT molecular complexity index is 473. The first-order valence-electron chi connectivity index (χ1n) is 6.79. The van der Waals surface area contributed by atoms with E-state index in [0.717, 1.165) is 12.1 Å². The molecule has 0 radical (unpaired) electrons. The number of halogens is 3. The summed E-state index contributed by atoms with van der Waals surface area (Å²) in [6.45, 7) is 3.27. The lowest BCUT2D eigenvalue weighted by molar-refractivity contribution is -0.137. The summed E-state index contributed by atoms with van der Waals surface area (Å²) in [6.07, 6.45) is -4.39. The maximum atomic E-state index is 12.9. The number of aliphatic hydroxyl groups is 1. The maximum absolute atomic E-state index is 12.9. The van der Waals surface area contributed by atoms with Crippen LogP contribution in [0, 0.1) is 0 Å². The van der Waals surface area contributed by atoms with E-state index in [1.165, 1.54) is 0 Å². The summed E-state index contributed by atoms with van der Waals surface area (Å²) in [5.41, 5.74) is -0.699. The summed E-state index contributed by atoms with van der Waals surface area (Å²) < 4.78 is 38.7. The van der Waals surface area contributed by atoms with Crippen molar-refractivity contribution in [1.29, 1.82) is 0 Å². The molecule has 2 heterocycles. The molecule has 1 saturated heterocycles. The van der Waals surface area contributed by atoms with Gasteiger partial charge in [-0.1, -0.05) is 0 Å². The summed E-state index contributed by atoms with van der Waals surface area (Å²) in [7, 11) is 1.55. The van der Waals surface area contributed by atoms with Crippen molar-refractivity contribution >= 4 is 11.6 Å². The van der Waals surface area contributed by atoms with Crippen LogP contribution in [0.4, 0.5) is 24.8 Å². The van der Waals surface area contributed by atoms with Gasteiger partial charge in [-0.2, -0.15) is 13.2 Å². The van der Waals surface area contributed by atoms with Gasteiger partial charge in [0, 0.05) is 39.8 Å². The molecule has 1 aliphatic heterocycles. The molecule has 1 aromatic heterocycles. The first-order chi connectivity index (χ1) is 9.94. The van der Waals surface area contributed by atoms with Crippen molar-refractivity contribution in [2.24, 2.45) is 0 Å². The first kappa shape index (κ1) is 15.8. The van der Waals surface area contributed by atoms with Crippen molar-refractivity contribution in [1.82, 2.24) is 9.88 Å². The second-order valence-electron chi connectivity index (χ2n) is 4.90. The lowest BCUT2D eigenvalue weighted by Crippen LogP contribution is -2.47. The topological polar surface area (TPSA) is 51.6 Å². The van der Waals surface area contributed by atoms with Crippen molar-refractivity contribution in [3.05, 3.63) is 17.7 Å². The molecule has 2 rings (SSSR count). The van der Waals surface area contributed by atoms with E-state index < -0.39 is 11.7 Å². The second-order valence-corrected chi connectivity index (χ2v) is 4.90. The molecule has 0 aromatic carbocycles. The molecule has 1 fully saturated rings. The standard InChI is InChI=1S/C13H19F3N4O/c1-17-11-8-10(13(14,15)16)9-12(18-11)20-4-2-19(3-5-20)6-7-21/h8-9,21H,2-7H2,1H3,(H,17,18). The van der Waals surface area contributed by atoms with Crippen LogP contribution in [0.1, 0.15) is 5.56 Å². The van der Waals surface area contributed by atoms with Gasteiger partial charge in [0.1, 0.15) is 11.6 Å². The van der Waals surface area contributed by atoms with Gasteiger partial charge in [0.05, 0.1) is 12.2 Å². The van der Waals surface area contributed by atoms with Crippen LogP contribution in [0.25, 0.3) is 0 Å². The zero-order valence-electron chi connectivity index (χ0n) is 11.8. The number of rotatable bonds is 4. The quantitative estimate of drug-likeness (QED) is 0.877. The summed E-state index contributed by atoms with van der Waals surface area (Å²) in [5.74, 6) is 0.537. The van der Waals surface area contributed by atoms with Crippen LogP contribution in [0.3, 0.4) is 0 Å². The number of nitrogens with one attached hydrogen (secondary N) is 1. The molecule has 0 unspecified atom stereocenters. The molecule has 21 heavy (non-hydrogen) atoms. The van der Waals surface area contributed by atoms with Gasteiger partial charge in [0.15, 0.2) is 0 Å². The fourth-order valence-corrected chi connectivity index (χ4v) is 2.31. The van der Waals surface area contributed by atoms with E-state index >= 15 is 0 Å². The fourth-order valence-electron chi connectivity index (χ4n) is 2.31. The molecule has 0 aliphatic carbocycles. The van der Waals surface area contributed by atoms with Crippen LogP contribution in [0.15, 0.2) is 12.1 Å². The molecule has 1 aliphatic rings. The predicted octanol–water partition coefficient (Wildman–Crippen LogP) is 1.26. The van der Waals surface area contributed by atoms with Crippen molar-refractivity contribution in [2.75, 3.05) is 56.6 Å². The number of hydrogen-bond acceptors (Lipinski definition) is 5. The highest BCUT2D eigenvalue weighted by Gasteiger charge is 2.32. The molecule has 2 N–H and O–H groups in total. The van der Waals surface area contributed by atoms with E-state index in [2.05, 4.69) is 15.2 Å². The third-order valence-corrected chi connectivity index (χ3v) is 3.51. The van der Waals surface area contributed by atoms with E-state index in [1.54, 1.807) is 7.05 Å². The average Bonchev–Trinajstić information content (AvgIpc) is 2.47. The minimum atomic E-state index is -4.39. The van der Waals surface area contributed by atoms with Crippen molar-refractivity contribution in [3.8, 4) is 0 Å². The van der Waals surface area contributed by atoms with Crippen LogP contribution in [0.5, 0.6) is 0 Å².